The van der Waals surface area contributed by atoms with Crippen molar-refractivity contribution in [3.8, 4) is 6.07 Å². The first-order chi connectivity index (χ1) is 15.6. The molecular weight excluding hydrogens is 425 g/mol. The third-order valence-electron chi connectivity index (χ3n) is 5.42. The van der Waals surface area contributed by atoms with Gasteiger partial charge >= 0.3 is 0 Å². The normalized spacial score (nSPS) is 15.4. The molecule has 0 aliphatic carbocycles. The summed E-state index contributed by atoms with van der Waals surface area (Å²) in [7, 11) is 0. The van der Waals surface area contributed by atoms with Gasteiger partial charge in [0.2, 0.25) is 0 Å². The quantitative estimate of drug-likeness (QED) is 0.618. The molecule has 1 amide bonds. The van der Waals surface area contributed by atoms with Crippen LogP contribution in [0.5, 0.6) is 0 Å². The zero-order valence-electron chi connectivity index (χ0n) is 17.5. The minimum atomic E-state index is -0.398. The van der Waals surface area contributed by atoms with E-state index in [0.717, 1.165) is 36.2 Å². The van der Waals surface area contributed by atoms with Crippen molar-refractivity contribution in [1.29, 1.82) is 5.26 Å². The second kappa shape index (κ2) is 9.75. The van der Waals surface area contributed by atoms with Gasteiger partial charge in [0.1, 0.15) is 16.5 Å². The fraction of sp³-hybridized carbons (Fsp3) is 0.240. The minimum Gasteiger partial charge on any atom is -0.338 e. The molecule has 4 rings (SSSR count). The number of piperidine rings is 1. The highest BCUT2D eigenvalue weighted by molar-refractivity contribution is 7.07. The Labute approximate surface area is 189 Å². The summed E-state index contributed by atoms with van der Waals surface area (Å²) in [6, 6.07) is 17.4. The van der Waals surface area contributed by atoms with Crippen LogP contribution in [0, 0.1) is 17.1 Å². The number of rotatable bonds is 4. The number of hydrogen-bond acceptors (Lipinski definition) is 4. The van der Waals surface area contributed by atoms with Gasteiger partial charge in [-0.1, -0.05) is 42.5 Å². The van der Waals surface area contributed by atoms with Crippen molar-refractivity contribution in [2.75, 3.05) is 13.1 Å². The predicted molar refractivity (Wildman–Crippen MR) is 123 cm³/mol. The maximum Gasteiger partial charge on any atom is 0.269 e. The summed E-state index contributed by atoms with van der Waals surface area (Å²) in [5, 5.41) is 9.89. The fourth-order valence-electron chi connectivity index (χ4n) is 3.80. The van der Waals surface area contributed by atoms with Crippen molar-refractivity contribution in [2.45, 2.75) is 25.8 Å². The van der Waals surface area contributed by atoms with Crippen LogP contribution < -0.4 is 14.8 Å². The Hall–Kier alpha value is -3.50. The van der Waals surface area contributed by atoms with E-state index in [9.17, 15) is 19.2 Å². The molecule has 0 bridgehead atoms. The Morgan fingerprint density at radius 3 is 2.53 bits per heavy atom. The molecule has 3 aromatic rings. The van der Waals surface area contributed by atoms with Gasteiger partial charge in [0.05, 0.1) is 11.1 Å². The lowest BCUT2D eigenvalue weighted by atomic mass is 10.1. The number of nitrogens with zero attached hydrogens (tertiary/aromatic N) is 3. The first-order valence-electron chi connectivity index (χ1n) is 10.5. The molecule has 32 heavy (non-hydrogen) atoms. The van der Waals surface area contributed by atoms with Crippen molar-refractivity contribution in [1.82, 2.24) is 9.47 Å². The van der Waals surface area contributed by atoms with Crippen LogP contribution in [0.3, 0.4) is 0 Å². The van der Waals surface area contributed by atoms with Gasteiger partial charge in [0.25, 0.3) is 11.5 Å². The Morgan fingerprint density at radius 2 is 1.84 bits per heavy atom. The van der Waals surface area contributed by atoms with Crippen molar-refractivity contribution in [3.63, 3.8) is 0 Å². The molecule has 0 unspecified atom stereocenters. The Bertz CT molecular complexity index is 1350. The van der Waals surface area contributed by atoms with E-state index in [1.165, 1.54) is 16.7 Å². The smallest absolute Gasteiger partial charge is 0.269 e. The van der Waals surface area contributed by atoms with E-state index in [4.69, 9.17) is 0 Å². The van der Waals surface area contributed by atoms with E-state index in [1.807, 2.05) is 30.3 Å². The summed E-state index contributed by atoms with van der Waals surface area (Å²) in [4.78, 5) is 28.1. The third kappa shape index (κ3) is 4.71. The van der Waals surface area contributed by atoms with Crippen LogP contribution in [-0.4, -0.2) is 28.5 Å². The molecule has 7 heteroatoms. The number of carbonyl (C=O) groups is 1. The summed E-state index contributed by atoms with van der Waals surface area (Å²) in [6.45, 7) is 1.46. The summed E-state index contributed by atoms with van der Waals surface area (Å²) in [5.74, 6) is -0.739. The lowest BCUT2D eigenvalue weighted by Crippen LogP contribution is -2.39. The van der Waals surface area contributed by atoms with Gasteiger partial charge in [-0.05, 0) is 48.6 Å². The van der Waals surface area contributed by atoms with E-state index in [1.54, 1.807) is 23.1 Å². The highest BCUT2D eigenvalue weighted by atomic mass is 32.1. The van der Waals surface area contributed by atoms with Gasteiger partial charge in [-0.3, -0.25) is 14.2 Å². The second-order valence-electron chi connectivity index (χ2n) is 7.69. The number of amides is 1. The highest BCUT2D eigenvalue weighted by Crippen LogP contribution is 2.12. The van der Waals surface area contributed by atoms with E-state index in [-0.39, 0.29) is 23.6 Å². The van der Waals surface area contributed by atoms with E-state index in [0.29, 0.717) is 27.8 Å². The van der Waals surface area contributed by atoms with Gasteiger partial charge in [-0.2, -0.15) is 5.26 Å². The van der Waals surface area contributed by atoms with E-state index >= 15 is 0 Å². The largest absolute Gasteiger partial charge is 0.338 e. The molecule has 1 aliphatic heterocycles. The third-order valence-corrected chi connectivity index (χ3v) is 6.55. The lowest BCUT2D eigenvalue weighted by Gasteiger charge is -2.26. The average molecular weight is 448 g/mol. The number of nitriles is 1. The van der Waals surface area contributed by atoms with Gasteiger partial charge < -0.3 is 4.90 Å². The molecule has 1 saturated heterocycles. The number of hydrogen-bond donors (Lipinski definition) is 0. The van der Waals surface area contributed by atoms with Crippen molar-refractivity contribution >= 4 is 28.9 Å². The van der Waals surface area contributed by atoms with Crippen LogP contribution in [0.1, 0.15) is 30.4 Å². The van der Waals surface area contributed by atoms with Crippen molar-refractivity contribution in [3.05, 3.63) is 91.1 Å². The zero-order valence-corrected chi connectivity index (χ0v) is 18.3. The number of carbonyl (C=O) groups excluding carboxylic acids is 1. The Morgan fingerprint density at radius 1 is 1.09 bits per heavy atom. The average Bonchev–Trinajstić information content (AvgIpc) is 3.10. The van der Waals surface area contributed by atoms with Gasteiger partial charge in [0.15, 0.2) is 5.57 Å². The highest BCUT2D eigenvalue weighted by Gasteiger charge is 2.23. The molecule has 1 aliphatic rings. The van der Waals surface area contributed by atoms with Crippen LogP contribution in [0.25, 0.3) is 11.6 Å². The summed E-state index contributed by atoms with van der Waals surface area (Å²) in [5.41, 5.74) is 1.09. The maximum absolute atomic E-state index is 13.6. The van der Waals surface area contributed by atoms with E-state index in [2.05, 4.69) is 6.07 Å². The SMILES string of the molecule is N#C/C(C(=O)N1CCCCC1)=c1\s/c(=C\c2cccc(F)c2)c(=O)n1Cc1ccccc1. The van der Waals surface area contributed by atoms with Crippen LogP contribution in [-0.2, 0) is 11.3 Å². The molecule has 2 aromatic carbocycles. The Kier molecular flexibility index (Phi) is 6.62. The van der Waals surface area contributed by atoms with Crippen molar-refractivity contribution < 1.29 is 9.18 Å². The molecule has 0 radical (unpaired) electrons. The molecule has 0 saturated carbocycles. The van der Waals surface area contributed by atoms with Gasteiger partial charge in [-0.15, -0.1) is 11.3 Å². The molecule has 0 spiro atoms. The van der Waals surface area contributed by atoms with Gasteiger partial charge in [-0.25, -0.2) is 4.39 Å². The summed E-state index contributed by atoms with van der Waals surface area (Å²) >= 11 is 1.10. The van der Waals surface area contributed by atoms with Crippen LogP contribution >= 0.6 is 11.3 Å². The predicted octanol–water partition coefficient (Wildman–Crippen LogP) is 2.61. The second-order valence-corrected chi connectivity index (χ2v) is 8.72. The van der Waals surface area contributed by atoms with E-state index < -0.39 is 5.82 Å². The first-order valence-corrected chi connectivity index (χ1v) is 11.3. The number of aromatic nitrogens is 1. The summed E-state index contributed by atoms with van der Waals surface area (Å²) in [6.07, 6.45) is 4.48. The van der Waals surface area contributed by atoms with Crippen LogP contribution in [0.15, 0.2) is 59.4 Å². The minimum absolute atomic E-state index is 0.0242. The number of thiazole rings is 1. The molecule has 0 atom stereocenters. The topological polar surface area (TPSA) is 66.1 Å². The molecule has 2 heterocycles. The zero-order chi connectivity index (χ0) is 22.5. The van der Waals surface area contributed by atoms with Crippen molar-refractivity contribution in [2.24, 2.45) is 0 Å². The lowest BCUT2D eigenvalue weighted by molar-refractivity contribution is -0.125. The standard InChI is InChI=1S/C25H22FN3O2S/c26-20-11-7-10-19(14-20)15-22-24(31)29(17-18-8-3-1-4-9-18)25(32-22)21(16-27)23(30)28-12-5-2-6-13-28/h1,3-4,7-11,14-15H,2,5-6,12-13,17H2/b22-15-,25-21+. The maximum atomic E-state index is 13.6. The Balaban J connectivity index is 1.91. The fourth-order valence-corrected chi connectivity index (χ4v) is 4.90. The monoisotopic (exact) mass is 447 g/mol. The summed E-state index contributed by atoms with van der Waals surface area (Å²) < 4.78 is 15.8. The number of halogens is 1. The molecular formula is C25H22FN3O2S. The number of likely N-dealkylation sites (tertiary alicyclic amines) is 1. The molecule has 162 valence electrons. The molecule has 1 fully saturated rings. The van der Waals surface area contributed by atoms with Crippen LogP contribution in [0.2, 0.25) is 0 Å². The molecule has 0 N–H and O–H groups in total. The molecule has 5 nitrogen and oxygen atoms in total. The first kappa shape index (κ1) is 21.7. The molecule has 1 aromatic heterocycles. The number of benzene rings is 2. The van der Waals surface area contributed by atoms with Crippen LogP contribution in [0.4, 0.5) is 4.39 Å². The van der Waals surface area contributed by atoms with Gasteiger partial charge in [0, 0.05) is 13.1 Å².